The summed E-state index contributed by atoms with van der Waals surface area (Å²) in [6.45, 7) is 2.19. The number of hydrogen-bond acceptors (Lipinski definition) is 5. The Morgan fingerprint density at radius 3 is 2.48 bits per heavy atom. The Morgan fingerprint density at radius 1 is 1.16 bits per heavy atom. The monoisotopic (exact) mass is 341 g/mol. The Kier molecular flexibility index (Phi) is 5.21. The fourth-order valence-corrected chi connectivity index (χ4v) is 3.62. The lowest BCUT2D eigenvalue weighted by atomic mass is 9.71. The molecule has 0 aliphatic heterocycles. The number of carbonyl (C=O) groups is 2. The number of aromatic nitrogens is 4. The maximum atomic E-state index is 12.6. The van der Waals surface area contributed by atoms with E-state index in [0.717, 1.165) is 25.7 Å². The van der Waals surface area contributed by atoms with Gasteiger partial charge >= 0.3 is 0 Å². The van der Waals surface area contributed by atoms with Gasteiger partial charge in [-0.15, -0.1) is 5.10 Å². The molecule has 7 heteroatoms. The minimum absolute atomic E-state index is 0.00875. The van der Waals surface area contributed by atoms with Crippen molar-refractivity contribution in [3.8, 4) is 0 Å². The molecule has 1 aromatic carbocycles. The minimum Gasteiger partial charge on any atom is -0.326 e. The summed E-state index contributed by atoms with van der Waals surface area (Å²) in [7, 11) is 0. The van der Waals surface area contributed by atoms with Crippen molar-refractivity contribution in [2.24, 2.45) is 5.41 Å². The lowest BCUT2D eigenvalue weighted by Crippen LogP contribution is -2.34. The fourth-order valence-electron chi connectivity index (χ4n) is 3.62. The molecule has 0 atom stereocenters. The van der Waals surface area contributed by atoms with Gasteiger partial charge in [0.1, 0.15) is 6.33 Å². The summed E-state index contributed by atoms with van der Waals surface area (Å²) in [5.74, 6) is 0.00558. The van der Waals surface area contributed by atoms with Crippen molar-refractivity contribution in [3.05, 3.63) is 36.2 Å². The molecule has 0 unspecified atom stereocenters. The molecular weight excluding hydrogens is 318 g/mol. The average molecular weight is 341 g/mol. The Balaban J connectivity index is 1.66. The Labute approximate surface area is 146 Å². The summed E-state index contributed by atoms with van der Waals surface area (Å²) in [6, 6.07) is 7.00. The second-order valence-corrected chi connectivity index (χ2v) is 6.93. The van der Waals surface area contributed by atoms with Gasteiger partial charge in [-0.1, -0.05) is 19.3 Å². The maximum Gasteiger partial charge on any atom is 0.224 e. The summed E-state index contributed by atoms with van der Waals surface area (Å²) in [6.07, 6.45) is 7.53. The summed E-state index contributed by atoms with van der Waals surface area (Å²) in [5.41, 5.74) is 1.25. The van der Waals surface area contributed by atoms with Crippen molar-refractivity contribution in [1.29, 1.82) is 0 Å². The highest BCUT2D eigenvalue weighted by Gasteiger charge is 2.35. The molecule has 7 nitrogen and oxygen atoms in total. The molecule has 3 rings (SSSR count). The van der Waals surface area contributed by atoms with Crippen molar-refractivity contribution < 1.29 is 9.59 Å². The molecule has 0 bridgehead atoms. The zero-order chi connectivity index (χ0) is 17.7. The van der Waals surface area contributed by atoms with E-state index in [1.807, 2.05) is 0 Å². The van der Waals surface area contributed by atoms with Crippen LogP contribution in [0.5, 0.6) is 0 Å². The van der Waals surface area contributed by atoms with Gasteiger partial charge in [-0.05, 0) is 59.9 Å². The fraction of sp³-hybridized carbons (Fsp3) is 0.500. The first-order valence-corrected chi connectivity index (χ1v) is 8.68. The molecular formula is C18H23N5O2. The molecule has 2 aromatic rings. The van der Waals surface area contributed by atoms with Crippen LogP contribution < -0.4 is 5.32 Å². The summed E-state index contributed by atoms with van der Waals surface area (Å²) >= 11 is 0. The third kappa shape index (κ3) is 4.49. The first-order valence-electron chi connectivity index (χ1n) is 8.68. The van der Waals surface area contributed by atoms with Crippen LogP contribution in [0.1, 0.15) is 55.8 Å². The summed E-state index contributed by atoms with van der Waals surface area (Å²) in [4.78, 5) is 23.9. The quantitative estimate of drug-likeness (QED) is 0.816. The molecule has 0 spiro atoms. The highest BCUT2D eigenvalue weighted by Crippen LogP contribution is 2.40. The van der Waals surface area contributed by atoms with Gasteiger partial charge in [0, 0.05) is 17.7 Å². The smallest absolute Gasteiger partial charge is 0.224 e. The van der Waals surface area contributed by atoms with E-state index in [0.29, 0.717) is 24.2 Å². The van der Waals surface area contributed by atoms with Crippen LogP contribution in [0.4, 0.5) is 5.69 Å². The van der Waals surface area contributed by atoms with Gasteiger partial charge in [0.2, 0.25) is 5.91 Å². The topological polar surface area (TPSA) is 89.8 Å². The largest absolute Gasteiger partial charge is 0.326 e. The van der Waals surface area contributed by atoms with E-state index in [4.69, 9.17) is 0 Å². The number of Topliss-reactive ketones (excluding diaryl/α,β-unsaturated/α-hetero) is 1. The van der Waals surface area contributed by atoms with Crippen LogP contribution in [0.25, 0.3) is 0 Å². The summed E-state index contributed by atoms with van der Waals surface area (Å²) in [5, 5.41) is 14.3. The van der Waals surface area contributed by atoms with Crippen LogP contribution in [-0.4, -0.2) is 31.9 Å². The lowest BCUT2D eigenvalue weighted by molar-refractivity contribution is -0.119. The molecule has 1 aromatic heterocycles. The Morgan fingerprint density at radius 2 is 1.88 bits per heavy atom. The Bertz CT molecular complexity index is 718. The van der Waals surface area contributed by atoms with Crippen LogP contribution in [0.2, 0.25) is 0 Å². The number of benzene rings is 1. The number of amides is 1. The zero-order valence-electron chi connectivity index (χ0n) is 14.4. The number of nitrogens with one attached hydrogen (secondary N) is 1. The standard InChI is InChI=1S/C18H23N5O2/c1-14(24)15-5-7-16(8-6-15)20-17(25)11-18(9-3-2-4-10-18)12-23-13-19-21-22-23/h5-8,13H,2-4,9-12H2,1H3,(H,20,25). The van der Waals surface area contributed by atoms with Crippen LogP contribution in [0.3, 0.4) is 0 Å². The normalized spacial score (nSPS) is 16.4. The number of ketones is 1. The molecule has 25 heavy (non-hydrogen) atoms. The van der Waals surface area contributed by atoms with Gasteiger partial charge < -0.3 is 5.32 Å². The molecule has 1 saturated carbocycles. The van der Waals surface area contributed by atoms with E-state index < -0.39 is 0 Å². The van der Waals surface area contributed by atoms with Gasteiger partial charge in [0.15, 0.2) is 5.78 Å². The molecule has 1 amide bonds. The molecule has 0 saturated heterocycles. The molecule has 1 N–H and O–H groups in total. The van der Waals surface area contributed by atoms with Crippen molar-refractivity contribution in [1.82, 2.24) is 20.2 Å². The van der Waals surface area contributed by atoms with E-state index >= 15 is 0 Å². The molecule has 1 aliphatic carbocycles. The predicted molar refractivity (Wildman–Crippen MR) is 93.0 cm³/mol. The van der Waals surface area contributed by atoms with Crippen molar-refractivity contribution in [2.45, 2.75) is 52.0 Å². The van der Waals surface area contributed by atoms with E-state index in [-0.39, 0.29) is 17.1 Å². The Hall–Kier alpha value is -2.57. The number of nitrogens with zero attached hydrogens (tertiary/aromatic N) is 4. The minimum atomic E-state index is -0.100. The third-order valence-corrected chi connectivity index (χ3v) is 4.91. The first-order chi connectivity index (χ1) is 12.1. The lowest BCUT2D eigenvalue weighted by Gasteiger charge is -2.36. The van der Waals surface area contributed by atoms with Gasteiger partial charge in [0.05, 0.1) is 6.54 Å². The molecule has 0 radical (unpaired) electrons. The number of carbonyl (C=O) groups excluding carboxylic acids is 2. The number of hydrogen-bond donors (Lipinski definition) is 1. The van der Waals surface area contributed by atoms with E-state index in [1.54, 1.807) is 35.3 Å². The highest BCUT2D eigenvalue weighted by molar-refractivity contribution is 5.95. The third-order valence-electron chi connectivity index (χ3n) is 4.91. The van der Waals surface area contributed by atoms with Crippen LogP contribution in [0, 0.1) is 5.41 Å². The van der Waals surface area contributed by atoms with Gasteiger partial charge in [-0.25, -0.2) is 4.68 Å². The maximum absolute atomic E-state index is 12.6. The SMILES string of the molecule is CC(=O)c1ccc(NC(=O)CC2(Cn3cnnn3)CCCCC2)cc1. The van der Waals surface area contributed by atoms with Crippen molar-refractivity contribution in [3.63, 3.8) is 0 Å². The summed E-state index contributed by atoms with van der Waals surface area (Å²) < 4.78 is 1.72. The van der Waals surface area contributed by atoms with Gasteiger partial charge in [-0.2, -0.15) is 0 Å². The molecule has 1 heterocycles. The van der Waals surface area contributed by atoms with Crippen LogP contribution >= 0.6 is 0 Å². The second kappa shape index (κ2) is 7.55. The highest BCUT2D eigenvalue weighted by atomic mass is 16.1. The van der Waals surface area contributed by atoms with Crippen LogP contribution in [-0.2, 0) is 11.3 Å². The van der Waals surface area contributed by atoms with Crippen LogP contribution in [0.15, 0.2) is 30.6 Å². The number of rotatable bonds is 6. The van der Waals surface area contributed by atoms with Gasteiger partial charge in [-0.3, -0.25) is 9.59 Å². The van der Waals surface area contributed by atoms with Crippen molar-refractivity contribution in [2.75, 3.05) is 5.32 Å². The average Bonchev–Trinajstić information content (AvgIpc) is 3.08. The second-order valence-electron chi connectivity index (χ2n) is 6.93. The zero-order valence-corrected chi connectivity index (χ0v) is 14.4. The molecule has 1 fully saturated rings. The van der Waals surface area contributed by atoms with E-state index in [9.17, 15) is 9.59 Å². The van der Waals surface area contributed by atoms with Gasteiger partial charge in [0.25, 0.3) is 0 Å². The van der Waals surface area contributed by atoms with Crippen molar-refractivity contribution >= 4 is 17.4 Å². The molecule has 132 valence electrons. The molecule has 1 aliphatic rings. The number of anilines is 1. The number of tetrazole rings is 1. The predicted octanol–water partition coefficient (Wildman–Crippen LogP) is 2.86. The first kappa shape index (κ1) is 17.3. The van der Waals surface area contributed by atoms with E-state index in [1.165, 1.54) is 13.3 Å². The van der Waals surface area contributed by atoms with E-state index in [2.05, 4.69) is 20.8 Å².